The number of amides is 1. The van der Waals surface area contributed by atoms with Crippen LogP contribution in [0.5, 0.6) is 0 Å². The summed E-state index contributed by atoms with van der Waals surface area (Å²) in [6.45, 7) is 3.66. The number of anilines is 1. The molecule has 2 aromatic rings. The molecule has 0 aromatic heterocycles. The smallest absolute Gasteiger partial charge is 0.264 e. The first-order valence-corrected chi connectivity index (χ1v) is 7.60. The van der Waals surface area contributed by atoms with Crippen LogP contribution >= 0.6 is 0 Å². The van der Waals surface area contributed by atoms with Gasteiger partial charge in [0.1, 0.15) is 5.78 Å². The van der Waals surface area contributed by atoms with E-state index in [-0.39, 0.29) is 12.2 Å². The average Bonchev–Trinajstić information content (AvgIpc) is 2.70. The first-order chi connectivity index (χ1) is 10.9. The van der Waals surface area contributed by atoms with E-state index in [2.05, 4.69) is 0 Å². The number of benzene rings is 2. The minimum absolute atomic E-state index is 0.201. The van der Waals surface area contributed by atoms with E-state index in [0.717, 1.165) is 11.1 Å². The lowest BCUT2D eigenvalue weighted by Crippen LogP contribution is -2.41. The van der Waals surface area contributed by atoms with Crippen LogP contribution in [0.25, 0.3) is 0 Å². The SMILES string of the molecule is CC(=O)C[C@@]1(O)C(=O)N(Cc2ccccc2)c2ccc(C)cc21. The summed E-state index contributed by atoms with van der Waals surface area (Å²) in [5.41, 5.74) is 1.35. The summed E-state index contributed by atoms with van der Waals surface area (Å²) < 4.78 is 0. The van der Waals surface area contributed by atoms with E-state index < -0.39 is 11.5 Å². The number of Topliss-reactive ketones (excluding diaryl/α,β-unsaturated/α-hetero) is 1. The highest BCUT2D eigenvalue weighted by molar-refractivity contribution is 6.08. The van der Waals surface area contributed by atoms with Gasteiger partial charge in [0.15, 0.2) is 5.60 Å². The predicted octanol–water partition coefficient (Wildman–Crippen LogP) is 2.71. The summed E-state index contributed by atoms with van der Waals surface area (Å²) in [7, 11) is 0. The average molecular weight is 309 g/mol. The van der Waals surface area contributed by atoms with Gasteiger partial charge in [0.2, 0.25) is 0 Å². The molecule has 1 atom stereocenters. The summed E-state index contributed by atoms with van der Waals surface area (Å²) in [5, 5.41) is 10.9. The third-order valence-electron chi connectivity index (χ3n) is 4.18. The Labute approximate surface area is 135 Å². The molecular formula is C19H19NO3. The summed E-state index contributed by atoms with van der Waals surface area (Å²) in [5.74, 6) is -0.646. The van der Waals surface area contributed by atoms with Crippen molar-refractivity contribution in [2.45, 2.75) is 32.4 Å². The Hall–Kier alpha value is -2.46. The van der Waals surface area contributed by atoms with E-state index in [1.807, 2.05) is 49.4 Å². The lowest BCUT2D eigenvalue weighted by molar-refractivity contribution is -0.141. The molecule has 0 radical (unpaired) electrons. The standard InChI is InChI=1S/C19H19NO3/c1-13-8-9-17-16(10-13)19(23,11-14(2)21)18(22)20(17)12-15-6-4-3-5-7-15/h3-10,23H,11-12H2,1-2H3/t19-/m0/s1. The van der Waals surface area contributed by atoms with E-state index in [1.165, 1.54) is 6.92 Å². The van der Waals surface area contributed by atoms with Crippen LogP contribution in [0.4, 0.5) is 5.69 Å². The second kappa shape index (κ2) is 5.63. The number of carbonyl (C=O) groups excluding carboxylic acids is 2. The van der Waals surface area contributed by atoms with E-state index in [4.69, 9.17) is 0 Å². The Morgan fingerprint density at radius 3 is 2.52 bits per heavy atom. The molecule has 0 bridgehead atoms. The number of aryl methyl sites for hydroxylation is 1. The molecule has 0 spiro atoms. The Balaban J connectivity index is 2.06. The van der Waals surface area contributed by atoms with Crippen molar-refractivity contribution in [3.63, 3.8) is 0 Å². The summed E-state index contributed by atoms with van der Waals surface area (Å²) in [6, 6.07) is 15.1. The fourth-order valence-electron chi connectivity index (χ4n) is 3.12. The highest BCUT2D eigenvalue weighted by Crippen LogP contribution is 2.43. The second-order valence-electron chi connectivity index (χ2n) is 6.14. The van der Waals surface area contributed by atoms with Gasteiger partial charge in [-0.25, -0.2) is 0 Å². The Kier molecular flexibility index (Phi) is 3.78. The number of fused-ring (bicyclic) bond motifs is 1. The van der Waals surface area contributed by atoms with Gasteiger partial charge in [-0.05, 0) is 25.5 Å². The maximum Gasteiger partial charge on any atom is 0.264 e. The zero-order valence-corrected chi connectivity index (χ0v) is 13.2. The van der Waals surface area contributed by atoms with Crippen LogP contribution < -0.4 is 4.90 Å². The summed E-state index contributed by atoms with van der Waals surface area (Å²) in [6.07, 6.45) is -0.201. The lowest BCUT2D eigenvalue weighted by atomic mass is 9.89. The van der Waals surface area contributed by atoms with Crippen LogP contribution in [0.2, 0.25) is 0 Å². The number of ketones is 1. The zero-order chi connectivity index (χ0) is 16.6. The van der Waals surface area contributed by atoms with Crippen molar-refractivity contribution >= 4 is 17.4 Å². The van der Waals surface area contributed by atoms with Gasteiger partial charge >= 0.3 is 0 Å². The van der Waals surface area contributed by atoms with E-state index >= 15 is 0 Å². The maximum absolute atomic E-state index is 12.9. The third kappa shape index (κ3) is 2.66. The number of carbonyl (C=O) groups is 2. The van der Waals surface area contributed by atoms with Gasteiger partial charge in [0.25, 0.3) is 5.91 Å². The highest BCUT2D eigenvalue weighted by atomic mass is 16.3. The fraction of sp³-hybridized carbons (Fsp3) is 0.263. The number of hydrogen-bond donors (Lipinski definition) is 1. The molecule has 0 aliphatic carbocycles. The van der Waals surface area contributed by atoms with Crippen LogP contribution in [0.3, 0.4) is 0 Å². The van der Waals surface area contributed by atoms with Crippen molar-refractivity contribution < 1.29 is 14.7 Å². The minimum atomic E-state index is -1.76. The van der Waals surface area contributed by atoms with Gasteiger partial charge in [0, 0.05) is 12.0 Å². The third-order valence-corrected chi connectivity index (χ3v) is 4.18. The second-order valence-corrected chi connectivity index (χ2v) is 6.14. The maximum atomic E-state index is 12.9. The molecule has 0 unspecified atom stereocenters. The molecule has 0 fully saturated rings. The largest absolute Gasteiger partial charge is 0.375 e. The van der Waals surface area contributed by atoms with Crippen LogP contribution in [0, 0.1) is 6.92 Å². The van der Waals surface area contributed by atoms with E-state index in [1.54, 1.807) is 11.0 Å². The first kappa shape index (κ1) is 15.4. The van der Waals surface area contributed by atoms with Crippen LogP contribution in [-0.2, 0) is 21.7 Å². The monoisotopic (exact) mass is 309 g/mol. The Morgan fingerprint density at radius 2 is 1.87 bits per heavy atom. The molecule has 3 rings (SSSR count). The van der Waals surface area contributed by atoms with Gasteiger partial charge in [-0.1, -0.05) is 48.0 Å². The van der Waals surface area contributed by atoms with Crippen LogP contribution in [-0.4, -0.2) is 16.8 Å². The molecule has 118 valence electrons. The molecule has 1 N–H and O–H groups in total. The molecule has 1 amide bonds. The number of rotatable bonds is 4. The highest BCUT2D eigenvalue weighted by Gasteiger charge is 2.50. The normalized spacial score (nSPS) is 19.8. The molecule has 1 heterocycles. The molecule has 4 nitrogen and oxygen atoms in total. The molecule has 1 aliphatic rings. The molecule has 0 saturated carbocycles. The van der Waals surface area contributed by atoms with Gasteiger partial charge in [0.05, 0.1) is 12.2 Å². The Morgan fingerprint density at radius 1 is 1.17 bits per heavy atom. The van der Waals surface area contributed by atoms with Gasteiger partial charge < -0.3 is 10.0 Å². The van der Waals surface area contributed by atoms with Crippen molar-refractivity contribution in [2.24, 2.45) is 0 Å². The van der Waals surface area contributed by atoms with Gasteiger partial charge in [-0.3, -0.25) is 9.59 Å². The van der Waals surface area contributed by atoms with Crippen molar-refractivity contribution in [1.82, 2.24) is 0 Å². The van der Waals surface area contributed by atoms with Crippen molar-refractivity contribution in [2.75, 3.05) is 4.90 Å². The van der Waals surface area contributed by atoms with Crippen LogP contribution in [0.15, 0.2) is 48.5 Å². The molecule has 4 heteroatoms. The lowest BCUT2D eigenvalue weighted by Gasteiger charge is -2.22. The predicted molar refractivity (Wildman–Crippen MR) is 88.0 cm³/mol. The van der Waals surface area contributed by atoms with E-state index in [0.29, 0.717) is 17.8 Å². The molecule has 2 aromatic carbocycles. The fourth-order valence-corrected chi connectivity index (χ4v) is 3.12. The van der Waals surface area contributed by atoms with Crippen molar-refractivity contribution in [1.29, 1.82) is 0 Å². The van der Waals surface area contributed by atoms with Gasteiger partial charge in [-0.2, -0.15) is 0 Å². The van der Waals surface area contributed by atoms with Gasteiger partial charge in [-0.15, -0.1) is 0 Å². The van der Waals surface area contributed by atoms with Crippen LogP contribution in [0.1, 0.15) is 30.0 Å². The Bertz CT molecular complexity index is 769. The number of hydrogen-bond acceptors (Lipinski definition) is 3. The topological polar surface area (TPSA) is 57.6 Å². The first-order valence-electron chi connectivity index (χ1n) is 7.60. The minimum Gasteiger partial charge on any atom is -0.375 e. The summed E-state index contributed by atoms with van der Waals surface area (Å²) in [4.78, 5) is 26.0. The molecule has 0 saturated heterocycles. The van der Waals surface area contributed by atoms with Crippen molar-refractivity contribution in [3.8, 4) is 0 Å². The molecular weight excluding hydrogens is 290 g/mol. The number of aliphatic hydroxyl groups is 1. The quantitative estimate of drug-likeness (QED) is 0.944. The number of nitrogens with zero attached hydrogens (tertiary/aromatic N) is 1. The molecule has 23 heavy (non-hydrogen) atoms. The van der Waals surface area contributed by atoms with E-state index in [9.17, 15) is 14.7 Å². The molecule has 1 aliphatic heterocycles. The van der Waals surface area contributed by atoms with Crippen molar-refractivity contribution in [3.05, 3.63) is 65.2 Å². The summed E-state index contributed by atoms with van der Waals surface area (Å²) >= 11 is 0. The zero-order valence-electron chi connectivity index (χ0n) is 13.2.